The average Bonchev–Trinajstić information content (AvgIpc) is 2.72. The van der Waals surface area contributed by atoms with Crippen LogP contribution >= 0.6 is 0 Å². The third-order valence-corrected chi connectivity index (χ3v) is 3.09. The topological polar surface area (TPSA) is 59.3 Å². The lowest BCUT2D eigenvalue weighted by atomic mass is 10.4. The van der Waals surface area contributed by atoms with Crippen LogP contribution in [0.2, 0.25) is 0 Å². The Hall–Kier alpha value is -1.43. The van der Waals surface area contributed by atoms with Gasteiger partial charge in [-0.2, -0.15) is 5.10 Å². The minimum Gasteiger partial charge on any atom is -0.368 e. The molecular formula is C10H14N4OS. The lowest BCUT2D eigenvalue weighted by Crippen LogP contribution is -2.08. The van der Waals surface area contributed by atoms with E-state index in [1.807, 2.05) is 12.3 Å². The van der Waals surface area contributed by atoms with Gasteiger partial charge in [0.2, 0.25) is 0 Å². The molecule has 0 aliphatic rings. The summed E-state index contributed by atoms with van der Waals surface area (Å²) in [6.45, 7) is 0.775. The number of aromatic nitrogens is 3. The first-order valence-electron chi connectivity index (χ1n) is 5.09. The van der Waals surface area contributed by atoms with Crippen molar-refractivity contribution in [1.29, 1.82) is 0 Å². The Morgan fingerprint density at radius 3 is 3.19 bits per heavy atom. The first-order chi connectivity index (χ1) is 7.77. The Morgan fingerprint density at radius 2 is 2.38 bits per heavy atom. The maximum atomic E-state index is 10.9. The Labute approximate surface area is 96.3 Å². The van der Waals surface area contributed by atoms with Gasteiger partial charge in [0.15, 0.2) is 5.82 Å². The monoisotopic (exact) mass is 238 g/mol. The van der Waals surface area contributed by atoms with E-state index in [0.29, 0.717) is 0 Å². The number of nitrogens with one attached hydrogen (secondary N) is 1. The van der Waals surface area contributed by atoms with Crippen LogP contribution in [-0.4, -0.2) is 37.4 Å². The molecule has 0 bridgehead atoms. The Bertz CT molecular complexity index is 496. The zero-order chi connectivity index (χ0) is 11.4. The van der Waals surface area contributed by atoms with Crippen molar-refractivity contribution in [2.24, 2.45) is 0 Å². The molecule has 0 saturated heterocycles. The molecule has 1 unspecified atom stereocenters. The van der Waals surface area contributed by atoms with Crippen molar-refractivity contribution in [3.63, 3.8) is 0 Å². The quantitative estimate of drug-likeness (QED) is 0.787. The fourth-order valence-electron chi connectivity index (χ4n) is 1.48. The van der Waals surface area contributed by atoms with Gasteiger partial charge in [0.1, 0.15) is 5.52 Å². The minimum atomic E-state index is -0.721. The van der Waals surface area contributed by atoms with Gasteiger partial charge in [0.05, 0.1) is 6.20 Å². The molecule has 0 aliphatic heterocycles. The zero-order valence-corrected chi connectivity index (χ0v) is 9.91. The van der Waals surface area contributed by atoms with Gasteiger partial charge in [-0.25, -0.2) is 9.50 Å². The number of anilines is 1. The molecule has 0 amide bonds. The second-order valence-electron chi connectivity index (χ2n) is 3.49. The Balaban J connectivity index is 1.98. The third kappa shape index (κ3) is 2.57. The molecule has 6 heteroatoms. The lowest BCUT2D eigenvalue weighted by Gasteiger charge is -2.05. The molecule has 0 spiro atoms. The summed E-state index contributed by atoms with van der Waals surface area (Å²) in [5, 5.41) is 7.35. The highest BCUT2D eigenvalue weighted by Crippen LogP contribution is 2.11. The molecule has 0 aliphatic carbocycles. The van der Waals surface area contributed by atoms with Gasteiger partial charge in [0, 0.05) is 41.7 Å². The van der Waals surface area contributed by atoms with Crippen molar-refractivity contribution in [2.45, 2.75) is 6.42 Å². The predicted molar refractivity (Wildman–Crippen MR) is 65.0 cm³/mol. The van der Waals surface area contributed by atoms with Crippen molar-refractivity contribution in [2.75, 3.05) is 23.9 Å². The second kappa shape index (κ2) is 5.07. The van der Waals surface area contributed by atoms with E-state index in [9.17, 15) is 4.21 Å². The van der Waals surface area contributed by atoms with Gasteiger partial charge in [-0.05, 0) is 12.5 Å². The van der Waals surface area contributed by atoms with E-state index < -0.39 is 10.8 Å². The first kappa shape index (κ1) is 11.1. The molecule has 1 N–H and O–H groups in total. The summed E-state index contributed by atoms with van der Waals surface area (Å²) in [7, 11) is -0.721. The standard InChI is InChI=1S/C10H14N4OS/c1-16(15)8-2-4-11-10-9-3-5-13-14(9)7-6-12-10/h3,5-7H,2,4,8H2,1H3,(H,11,12). The van der Waals surface area contributed by atoms with Crippen molar-refractivity contribution in [3.8, 4) is 0 Å². The van der Waals surface area contributed by atoms with Crippen LogP contribution in [0.4, 0.5) is 5.82 Å². The maximum absolute atomic E-state index is 10.9. The molecule has 5 nitrogen and oxygen atoms in total. The molecule has 2 heterocycles. The van der Waals surface area contributed by atoms with Crippen LogP contribution in [-0.2, 0) is 10.8 Å². The van der Waals surface area contributed by atoms with E-state index in [-0.39, 0.29) is 0 Å². The highest BCUT2D eigenvalue weighted by molar-refractivity contribution is 7.84. The molecule has 86 valence electrons. The highest BCUT2D eigenvalue weighted by atomic mass is 32.2. The average molecular weight is 238 g/mol. The highest BCUT2D eigenvalue weighted by Gasteiger charge is 2.01. The van der Waals surface area contributed by atoms with Crippen LogP contribution in [0.1, 0.15) is 6.42 Å². The van der Waals surface area contributed by atoms with Gasteiger partial charge in [0.25, 0.3) is 0 Å². The largest absolute Gasteiger partial charge is 0.368 e. The van der Waals surface area contributed by atoms with E-state index in [1.54, 1.807) is 23.2 Å². The summed E-state index contributed by atoms with van der Waals surface area (Å²) in [4.78, 5) is 4.25. The first-order valence-corrected chi connectivity index (χ1v) is 6.82. The molecule has 0 aromatic carbocycles. The molecule has 0 saturated carbocycles. The fraction of sp³-hybridized carbons (Fsp3) is 0.400. The molecule has 0 fully saturated rings. The smallest absolute Gasteiger partial charge is 0.152 e. The molecule has 1 atom stereocenters. The third-order valence-electron chi connectivity index (χ3n) is 2.23. The number of rotatable bonds is 5. The molecule has 16 heavy (non-hydrogen) atoms. The van der Waals surface area contributed by atoms with Gasteiger partial charge in [-0.3, -0.25) is 4.21 Å². The van der Waals surface area contributed by atoms with Crippen LogP contribution in [0.5, 0.6) is 0 Å². The van der Waals surface area contributed by atoms with Crippen molar-refractivity contribution < 1.29 is 4.21 Å². The maximum Gasteiger partial charge on any atom is 0.152 e. The molecule has 2 aromatic heterocycles. The molecule has 2 rings (SSSR count). The van der Waals surface area contributed by atoms with Crippen LogP contribution in [0.3, 0.4) is 0 Å². The Morgan fingerprint density at radius 1 is 1.50 bits per heavy atom. The molecular weight excluding hydrogens is 224 g/mol. The molecule has 2 aromatic rings. The van der Waals surface area contributed by atoms with Crippen LogP contribution in [0.25, 0.3) is 5.52 Å². The van der Waals surface area contributed by atoms with Gasteiger partial charge < -0.3 is 5.32 Å². The summed E-state index contributed by atoms with van der Waals surface area (Å²) < 4.78 is 12.7. The number of hydrogen-bond acceptors (Lipinski definition) is 4. The van der Waals surface area contributed by atoms with E-state index in [2.05, 4.69) is 15.4 Å². The molecule has 0 radical (unpaired) electrons. The van der Waals surface area contributed by atoms with E-state index in [1.165, 1.54) is 0 Å². The summed E-state index contributed by atoms with van der Waals surface area (Å²) in [6, 6.07) is 1.91. The van der Waals surface area contributed by atoms with Crippen molar-refractivity contribution in [1.82, 2.24) is 14.6 Å². The SMILES string of the molecule is CS(=O)CCCNc1nccn2nccc12. The van der Waals surface area contributed by atoms with Gasteiger partial charge >= 0.3 is 0 Å². The van der Waals surface area contributed by atoms with Crippen LogP contribution < -0.4 is 5.32 Å². The normalized spacial score (nSPS) is 12.8. The van der Waals surface area contributed by atoms with Crippen molar-refractivity contribution >= 4 is 22.1 Å². The van der Waals surface area contributed by atoms with Gasteiger partial charge in [-0.15, -0.1) is 0 Å². The number of hydrogen-bond donors (Lipinski definition) is 1. The second-order valence-corrected chi connectivity index (χ2v) is 5.05. The fourth-order valence-corrected chi connectivity index (χ4v) is 2.03. The summed E-state index contributed by atoms with van der Waals surface area (Å²) in [5.41, 5.74) is 0.958. The lowest BCUT2D eigenvalue weighted by molar-refractivity contribution is 0.685. The summed E-state index contributed by atoms with van der Waals surface area (Å²) in [6.07, 6.45) is 7.85. The predicted octanol–water partition coefficient (Wildman–Crippen LogP) is 0.910. The number of nitrogens with zero attached hydrogens (tertiary/aromatic N) is 3. The zero-order valence-electron chi connectivity index (χ0n) is 9.09. The minimum absolute atomic E-state index is 0.718. The van der Waals surface area contributed by atoms with E-state index in [0.717, 1.165) is 30.1 Å². The number of fused-ring (bicyclic) bond motifs is 1. The van der Waals surface area contributed by atoms with Crippen LogP contribution in [0.15, 0.2) is 24.7 Å². The van der Waals surface area contributed by atoms with Gasteiger partial charge in [-0.1, -0.05) is 0 Å². The van der Waals surface area contributed by atoms with E-state index >= 15 is 0 Å². The van der Waals surface area contributed by atoms with E-state index in [4.69, 9.17) is 0 Å². The summed E-state index contributed by atoms with van der Waals surface area (Å²) in [5.74, 6) is 1.54. The summed E-state index contributed by atoms with van der Waals surface area (Å²) >= 11 is 0. The Kier molecular flexibility index (Phi) is 3.51. The van der Waals surface area contributed by atoms with Crippen LogP contribution in [0, 0.1) is 0 Å². The van der Waals surface area contributed by atoms with Crippen molar-refractivity contribution in [3.05, 3.63) is 24.7 Å².